The van der Waals surface area contributed by atoms with Crippen molar-refractivity contribution in [1.82, 2.24) is 25.1 Å². The van der Waals surface area contributed by atoms with E-state index in [1.165, 1.54) is 0 Å². The van der Waals surface area contributed by atoms with E-state index in [2.05, 4.69) is 48.1 Å². The van der Waals surface area contributed by atoms with Crippen LogP contribution in [0, 0.1) is 5.92 Å². The smallest absolute Gasteiger partial charge is 0.220 e. The van der Waals surface area contributed by atoms with Gasteiger partial charge in [0.25, 0.3) is 0 Å². The second kappa shape index (κ2) is 8.05. The number of hydrogen-bond donors (Lipinski definition) is 1. The Balaban J connectivity index is 2.21. The topological polar surface area (TPSA) is 89.9 Å². The van der Waals surface area contributed by atoms with Crippen molar-refractivity contribution in [3.63, 3.8) is 0 Å². The summed E-state index contributed by atoms with van der Waals surface area (Å²) >= 11 is 0. The molecule has 1 aromatic heterocycles. The minimum atomic E-state index is -0.170. The lowest BCUT2D eigenvalue weighted by atomic mass is 9.93. The first-order valence-electron chi connectivity index (χ1n) is 9.22. The predicted molar refractivity (Wildman–Crippen MR) is 93.2 cm³/mol. The molecule has 1 atom stereocenters. The highest BCUT2D eigenvalue weighted by molar-refractivity contribution is 5.76. The molecule has 2 N–H and O–H groups in total. The standard InChI is InChI=1S/C17H32N6O/c1-5-7-8-14(22-11-9-13(10-12-22)15(18)24)16-19-20-21-23(16)17(3,4)6-2/h13-14H,5-12H2,1-4H3,(H2,18,24). The van der Waals surface area contributed by atoms with Gasteiger partial charge in [-0.1, -0.05) is 26.7 Å². The molecule has 0 saturated carbocycles. The van der Waals surface area contributed by atoms with Crippen LogP contribution in [-0.4, -0.2) is 44.1 Å². The number of likely N-dealkylation sites (tertiary alicyclic amines) is 1. The predicted octanol–water partition coefficient (Wildman–Crippen LogP) is 2.25. The summed E-state index contributed by atoms with van der Waals surface area (Å²) in [6.07, 6.45) is 5.95. The Kier molecular flexibility index (Phi) is 6.32. The van der Waals surface area contributed by atoms with E-state index in [0.717, 1.165) is 57.4 Å². The molecular formula is C17H32N6O. The van der Waals surface area contributed by atoms with E-state index in [9.17, 15) is 4.79 Å². The van der Waals surface area contributed by atoms with Crippen LogP contribution >= 0.6 is 0 Å². The number of nitrogens with zero attached hydrogens (tertiary/aromatic N) is 5. The maximum Gasteiger partial charge on any atom is 0.220 e. The van der Waals surface area contributed by atoms with Crippen LogP contribution in [0.3, 0.4) is 0 Å². The number of tetrazole rings is 1. The van der Waals surface area contributed by atoms with Crippen LogP contribution in [0.2, 0.25) is 0 Å². The molecule has 7 nitrogen and oxygen atoms in total. The first-order chi connectivity index (χ1) is 11.4. The van der Waals surface area contributed by atoms with Gasteiger partial charge >= 0.3 is 0 Å². The fourth-order valence-corrected chi connectivity index (χ4v) is 3.35. The fourth-order valence-electron chi connectivity index (χ4n) is 3.35. The van der Waals surface area contributed by atoms with Crippen molar-refractivity contribution in [1.29, 1.82) is 0 Å². The van der Waals surface area contributed by atoms with Gasteiger partial charge in [0.1, 0.15) is 0 Å². The molecule has 1 unspecified atom stereocenters. The first-order valence-corrected chi connectivity index (χ1v) is 9.22. The molecule has 0 bridgehead atoms. The summed E-state index contributed by atoms with van der Waals surface area (Å²) in [5, 5.41) is 12.6. The van der Waals surface area contributed by atoms with Crippen molar-refractivity contribution < 1.29 is 4.79 Å². The Morgan fingerprint density at radius 3 is 2.54 bits per heavy atom. The van der Waals surface area contributed by atoms with E-state index in [1.807, 2.05) is 4.68 Å². The van der Waals surface area contributed by atoms with Crippen LogP contribution in [0.4, 0.5) is 0 Å². The second-order valence-corrected chi connectivity index (χ2v) is 7.49. The van der Waals surface area contributed by atoms with Crippen molar-refractivity contribution in [3.05, 3.63) is 5.82 Å². The van der Waals surface area contributed by atoms with E-state index in [0.29, 0.717) is 0 Å². The van der Waals surface area contributed by atoms with E-state index in [4.69, 9.17) is 5.73 Å². The van der Waals surface area contributed by atoms with Crippen molar-refractivity contribution >= 4 is 5.91 Å². The molecule has 1 aliphatic heterocycles. The van der Waals surface area contributed by atoms with Crippen LogP contribution in [0.15, 0.2) is 0 Å². The summed E-state index contributed by atoms with van der Waals surface area (Å²) in [7, 11) is 0. The van der Waals surface area contributed by atoms with Crippen molar-refractivity contribution in [2.45, 2.75) is 77.8 Å². The zero-order valence-corrected chi connectivity index (χ0v) is 15.5. The Morgan fingerprint density at radius 2 is 2.00 bits per heavy atom. The normalized spacial score (nSPS) is 18.7. The van der Waals surface area contributed by atoms with Gasteiger partial charge in [0.05, 0.1) is 11.6 Å². The minimum Gasteiger partial charge on any atom is -0.369 e. The molecule has 1 aromatic rings. The molecule has 2 heterocycles. The Morgan fingerprint density at radius 1 is 1.33 bits per heavy atom. The molecular weight excluding hydrogens is 304 g/mol. The van der Waals surface area contributed by atoms with Gasteiger partial charge in [-0.05, 0) is 63.0 Å². The number of amides is 1. The lowest BCUT2D eigenvalue weighted by molar-refractivity contribution is -0.123. The zero-order chi connectivity index (χ0) is 17.7. The lowest BCUT2D eigenvalue weighted by Gasteiger charge is -2.37. The van der Waals surface area contributed by atoms with E-state index in [1.54, 1.807) is 0 Å². The number of nitrogens with two attached hydrogens (primary N) is 1. The average molecular weight is 336 g/mol. The molecule has 1 fully saturated rings. The molecule has 1 amide bonds. The summed E-state index contributed by atoms with van der Waals surface area (Å²) in [6, 6.07) is 0.208. The van der Waals surface area contributed by atoms with Gasteiger partial charge in [-0.2, -0.15) is 0 Å². The van der Waals surface area contributed by atoms with Crippen LogP contribution in [0.5, 0.6) is 0 Å². The van der Waals surface area contributed by atoms with Crippen molar-refractivity contribution in [3.8, 4) is 0 Å². The highest BCUT2D eigenvalue weighted by Crippen LogP contribution is 2.32. The number of aromatic nitrogens is 4. The number of carbonyl (C=O) groups is 1. The Labute approximate surface area is 145 Å². The van der Waals surface area contributed by atoms with Gasteiger partial charge < -0.3 is 5.73 Å². The maximum absolute atomic E-state index is 11.4. The number of primary amides is 1. The lowest BCUT2D eigenvalue weighted by Crippen LogP contribution is -2.42. The number of carbonyl (C=O) groups excluding carboxylic acids is 1. The highest BCUT2D eigenvalue weighted by Gasteiger charge is 2.33. The van der Waals surface area contributed by atoms with Crippen LogP contribution in [0.1, 0.15) is 78.1 Å². The molecule has 24 heavy (non-hydrogen) atoms. The Bertz CT molecular complexity index is 533. The van der Waals surface area contributed by atoms with Gasteiger partial charge in [0.15, 0.2) is 5.82 Å². The van der Waals surface area contributed by atoms with Gasteiger partial charge in [0, 0.05) is 5.92 Å². The monoisotopic (exact) mass is 336 g/mol. The zero-order valence-electron chi connectivity index (χ0n) is 15.5. The SMILES string of the molecule is CCCCC(c1nnnn1C(C)(C)CC)N1CCC(C(N)=O)CC1. The van der Waals surface area contributed by atoms with Crippen LogP contribution < -0.4 is 5.73 Å². The van der Waals surface area contributed by atoms with E-state index < -0.39 is 0 Å². The minimum absolute atomic E-state index is 0.0103. The fraction of sp³-hybridized carbons (Fsp3) is 0.882. The second-order valence-electron chi connectivity index (χ2n) is 7.49. The first kappa shape index (κ1) is 18.8. The largest absolute Gasteiger partial charge is 0.369 e. The molecule has 7 heteroatoms. The summed E-state index contributed by atoms with van der Waals surface area (Å²) < 4.78 is 1.99. The van der Waals surface area contributed by atoms with Gasteiger partial charge in [-0.15, -0.1) is 5.10 Å². The summed E-state index contributed by atoms with van der Waals surface area (Å²) in [5.41, 5.74) is 5.37. The molecule has 0 aliphatic carbocycles. The third kappa shape index (κ3) is 4.12. The summed E-state index contributed by atoms with van der Waals surface area (Å²) in [4.78, 5) is 13.9. The van der Waals surface area contributed by atoms with E-state index in [-0.39, 0.29) is 23.4 Å². The molecule has 0 aromatic carbocycles. The number of piperidine rings is 1. The highest BCUT2D eigenvalue weighted by atomic mass is 16.1. The molecule has 1 aliphatic rings. The van der Waals surface area contributed by atoms with E-state index >= 15 is 0 Å². The Hall–Kier alpha value is -1.50. The van der Waals surface area contributed by atoms with Crippen molar-refractivity contribution in [2.75, 3.05) is 13.1 Å². The molecule has 1 saturated heterocycles. The van der Waals surface area contributed by atoms with Gasteiger partial charge in [0.2, 0.25) is 5.91 Å². The molecule has 136 valence electrons. The molecule has 0 spiro atoms. The third-order valence-corrected chi connectivity index (χ3v) is 5.43. The van der Waals surface area contributed by atoms with Gasteiger partial charge in [-0.3, -0.25) is 9.69 Å². The van der Waals surface area contributed by atoms with Crippen molar-refractivity contribution in [2.24, 2.45) is 11.7 Å². The molecule has 0 radical (unpaired) electrons. The summed E-state index contributed by atoms with van der Waals surface area (Å²) in [5.74, 6) is 0.792. The third-order valence-electron chi connectivity index (χ3n) is 5.43. The quantitative estimate of drug-likeness (QED) is 0.786. The van der Waals surface area contributed by atoms with Gasteiger partial charge in [-0.25, -0.2) is 4.68 Å². The number of hydrogen-bond acceptors (Lipinski definition) is 5. The maximum atomic E-state index is 11.4. The summed E-state index contributed by atoms with van der Waals surface area (Å²) in [6.45, 7) is 10.5. The number of unbranched alkanes of at least 4 members (excludes halogenated alkanes) is 1. The van der Waals surface area contributed by atoms with Crippen LogP contribution in [-0.2, 0) is 10.3 Å². The average Bonchev–Trinajstić information content (AvgIpc) is 3.06. The molecule has 2 rings (SSSR count). The number of rotatable bonds is 8. The van der Waals surface area contributed by atoms with Crippen LogP contribution in [0.25, 0.3) is 0 Å².